The average molecular weight is 364 g/mol. The SMILES string of the molecule is O=C(Cc1ccc(Cl)cc1)NCc1nnnn1-c1ccc(F)c(F)c1. The van der Waals surface area contributed by atoms with Crippen LogP contribution in [0, 0.1) is 11.6 Å². The van der Waals surface area contributed by atoms with Gasteiger partial charge in [0.1, 0.15) is 0 Å². The van der Waals surface area contributed by atoms with Crippen molar-refractivity contribution in [2.24, 2.45) is 0 Å². The second-order valence-electron chi connectivity index (χ2n) is 5.19. The predicted molar refractivity (Wildman–Crippen MR) is 86.1 cm³/mol. The van der Waals surface area contributed by atoms with E-state index in [4.69, 9.17) is 11.6 Å². The average Bonchev–Trinajstić information content (AvgIpc) is 3.06. The number of tetrazole rings is 1. The summed E-state index contributed by atoms with van der Waals surface area (Å²) < 4.78 is 27.6. The Bertz CT molecular complexity index is 898. The second-order valence-corrected chi connectivity index (χ2v) is 5.62. The lowest BCUT2D eigenvalue weighted by Crippen LogP contribution is -2.26. The first-order valence-electron chi connectivity index (χ1n) is 7.27. The van der Waals surface area contributed by atoms with Crippen LogP contribution in [-0.4, -0.2) is 26.1 Å². The summed E-state index contributed by atoms with van der Waals surface area (Å²) in [6.07, 6.45) is 0.171. The van der Waals surface area contributed by atoms with Crippen molar-refractivity contribution >= 4 is 17.5 Å². The van der Waals surface area contributed by atoms with E-state index in [1.807, 2.05) is 0 Å². The zero-order valence-electron chi connectivity index (χ0n) is 12.8. The van der Waals surface area contributed by atoms with E-state index >= 15 is 0 Å². The van der Waals surface area contributed by atoms with Crippen LogP contribution in [0.1, 0.15) is 11.4 Å². The molecular weight excluding hydrogens is 352 g/mol. The summed E-state index contributed by atoms with van der Waals surface area (Å²) in [5, 5.41) is 14.3. The number of benzene rings is 2. The lowest BCUT2D eigenvalue weighted by atomic mass is 10.1. The third-order valence-electron chi connectivity index (χ3n) is 3.40. The molecular formula is C16H12ClF2N5O. The van der Waals surface area contributed by atoms with Crippen molar-refractivity contribution in [1.29, 1.82) is 0 Å². The highest BCUT2D eigenvalue weighted by Gasteiger charge is 2.12. The Kier molecular flexibility index (Phi) is 4.99. The van der Waals surface area contributed by atoms with Gasteiger partial charge in [0.05, 0.1) is 18.7 Å². The molecule has 3 aromatic rings. The molecule has 0 atom stereocenters. The van der Waals surface area contributed by atoms with Gasteiger partial charge in [-0.3, -0.25) is 4.79 Å². The number of carbonyl (C=O) groups is 1. The van der Waals surface area contributed by atoms with Gasteiger partial charge in [-0.15, -0.1) is 5.10 Å². The van der Waals surface area contributed by atoms with Crippen LogP contribution in [0.5, 0.6) is 0 Å². The summed E-state index contributed by atoms with van der Waals surface area (Å²) in [6.45, 7) is 0.0401. The number of carbonyl (C=O) groups excluding carboxylic acids is 1. The van der Waals surface area contributed by atoms with Gasteiger partial charge in [-0.05, 0) is 40.3 Å². The van der Waals surface area contributed by atoms with Crippen molar-refractivity contribution in [2.75, 3.05) is 0 Å². The van der Waals surface area contributed by atoms with Crippen molar-refractivity contribution in [1.82, 2.24) is 25.5 Å². The van der Waals surface area contributed by atoms with Crippen molar-refractivity contribution in [3.8, 4) is 5.69 Å². The summed E-state index contributed by atoms with van der Waals surface area (Å²) >= 11 is 5.80. The van der Waals surface area contributed by atoms with Crippen molar-refractivity contribution in [3.05, 3.63) is 70.5 Å². The van der Waals surface area contributed by atoms with Crippen LogP contribution in [0.15, 0.2) is 42.5 Å². The van der Waals surface area contributed by atoms with Crippen LogP contribution in [0.3, 0.4) is 0 Å². The smallest absolute Gasteiger partial charge is 0.224 e. The number of aromatic nitrogens is 4. The van der Waals surface area contributed by atoms with E-state index in [0.29, 0.717) is 5.02 Å². The Morgan fingerprint density at radius 3 is 2.60 bits per heavy atom. The summed E-state index contributed by atoms with van der Waals surface area (Å²) in [5.41, 5.74) is 1.06. The first-order chi connectivity index (χ1) is 12.0. The molecule has 1 amide bonds. The molecule has 0 saturated carbocycles. The summed E-state index contributed by atoms with van der Waals surface area (Å²) in [5.74, 6) is -1.92. The molecule has 128 valence electrons. The van der Waals surface area contributed by atoms with Crippen LogP contribution >= 0.6 is 11.6 Å². The molecule has 0 radical (unpaired) electrons. The largest absolute Gasteiger partial charge is 0.348 e. The minimum Gasteiger partial charge on any atom is -0.348 e. The topological polar surface area (TPSA) is 72.7 Å². The van der Waals surface area contributed by atoms with Gasteiger partial charge in [-0.25, -0.2) is 8.78 Å². The highest BCUT2D eigenvalue weighted by atomic mass is 35.5. The molecule has 0 aliphatic rings. The van der Waals surface area contributed by atoms with Gasteiger partial charge < -0.3 is 5.32 Å². The number of hydrogen-bond acceptors (Lipinski definition) is 4. The number of amides is 1. The van der Waals surface area contributed by atoms with Crippen LogP contribution in [0.2, 0.25) is 5.02 Å². The summed E-state index contributed by atoms with van der Waals surface area (Å²) in [4.78, 5) is 12.0. The number of halogens is 3. The normalized spacial score (nSPS) is 10.7. The molecule has 0 bridgehead atoms. The molecule has 1 N–H and O–H groups in total. The maximum atomic E-state index is 13.4. The maximum Gasteiger partial charge on any atom is 0.224 e. The lowest BCUT2D eigenvalue weighted by molar-refractivity contribution is -0.120. The van der Waals surface area contributed by atoms with Gasteiger partial charge in [0, 0.05) is 11.1 Å². The zero-order valence-corrected chi connectivity index (χ0v) is 13.5. The Hall–Kier alpha value is -2.87. The molecule has 2 aromatic carbocycles. The van der Waals surface area contributed by atoms with Crippen LogP contribution in [0.25, 0.3) is 5.69 Å². The molecule has 0 aliphatic heterocycles. The first kappa shape index (κ1) is 17.0. The van der Waals surface area contributed by atoms with Crippen LogP contribution < -0.4 is 5.32 Å². The van der Waals surface area contributed by atoms with E-state index in [1.54, 1.807) is 24.3 Å². The van der Waals surface area contributed by atoms with Crippen LogP contribution in [-0.2, 0) is 17.8 Å². The van der Waals surface area contributed by atoms with Crippen molar-refractivity contribution < 1.29 is 13.6 Å². The van der Waals surface area contributed by atoms with Gasteiger partial charge in [-0.2, -0.15) is 4.68 Å². The van der Waals surface area contributed by atoms with E-state index in [9.17, 15) is 13.6 Å². The molecule has 0 saturated heterocycles. The second kappa shape index (κ2) is 7.35. The molecule has 6 nitrogen and oxygen atoms in total. The maximum absolute atomic E-state index is 13.4. The number of rotatable bonds is 5. The first-order valence-corrected chi connectivity index (χ1v) is 7.64. The standard InChI is InChI=1S/C16H12ClF2N5O/c17-11-3-1-10(2-4-11)7-16(25)20-9-15-21-22-23-24(15)12-5-6-13(18)14(19)8-12/h1-6,8H,7,9H2,(H,20,25). The van der Waals surface area contributed by atoms with Crippen molar-refractivity contribution in [3.63, 3.8) is 0 Å². The number of hydrogen-bond donors (Lipinski definition) is 1. The van der Waals surface area contributed by atoms with E-state index < -0.39 is 11.6 Å². The third kappa shape index (κ3) is 4.16. The summed E-state index contributed by atoms with van der Waals surface area (Å²) in [6, 6.07) is 10.2. The molecule has 3 rings (SSSR count). The molecule has 1 heterocycles. The molecule has 0 aliphatic carbocycles. The summed E-state index contributed by atoms with van der Waals surface area (Å²) in [7, 11) is 0. The molecule has 0 spiro atoms. The molecule has 9 heteroatoms. The van der Waals surface area contributed by atoms with Gasteiger partial charge in [0.25, 0.3) is 0 Å². The van der Waals surface area contributed by atoms with Gasteiger partial charge in [-0.1, -0.05) is 23.7 Å². The predicted octanol–water partition coefficient (Wildman–Crippen LogP) is 2.45. The fraction of sp³-hybridized carbons (Fsp3) is 0.125. The van der Waals surface area contributed by atoms with Gasteiger partial charge in [0.15, 0.2) is 17.5 Å². The highest BCUT2D eigenvalue weighted by Crippen LogP contribution is 2.13. The van der Waals surface area contributed by atoms with E-state index in [2.05, 4.69) is 20.8 Å². The van der Waals surface area contributed by atoms with E-state index in [-0.39, 0.29) is 30.4 Å². The molecule has 0 fully saturated rings. The Morgan fingerprint density at radius 1 is 1.12 bits per heavy atom. The monoisotopic (exact) mass is 363 g/mol. The number of nitrogens with one attached hydrogen (secondary N) is 1. The molecule has 25 heavy (non-hydrogen) atoms. The molecule has 0 unspecified atom stereocenters. The Balaban J connectivity index is 1.66. The minimum atomic E-state index is -1.01. The molecule has 1 aromatic heterocycles. The highest BCUT2D eigenvalue weighted by molar-refractivity contribution is 6.30. The van der Waals surface area contributed by atoms with Gasteiger partial charge >= 0.3 is 0 Å². The van der Waals surface area contributed by atoms with Crippen molar-refractivity contribution in [2.45, 2.75) is 13.0 Å². The van der Waals surface area contributed by atoms with E-state index in [1.165, 1.54) is 10.7 Å². The quantitative estimate of drug-likeness (QED) is 0.755. The van der Waals surface area contributed by atoms with Crippen LogP contribution in [0.4, 0.5) is 8.78 Å². The van der Waals surface area contributed by atoms with E-state index in [0.717, 1.165) is 17.7 Å². The fourth-order valence-corrected chi connectivity index (χ4v) is 2.29. The third-order valence-corrected chi connectivity index (χ3v) is 3.66. The fourth-order valence-electron chi connectivity index (χ4n) is 2.16. The lowest BCUT2D eigenvalue weighted by Gasteiger charge is -2.07. The Morgan fingerprint density at radius 2 is 1.88 bits per heavy atom. The number of nitrogens with zero attached hydrogens (tertiary/aromatic N) is 4. The zero-order chi connectivity index (χ0) is 17.8. The van der Waals surface area contributed by atoms with Gasteiger partial charge in [0.2, 0.25) is 5.91 Å². The minimum absolute atomic E-state index is 0.0401. The Labute approximate surface area is 146 Å².